The molecule has 2 fully saturated rings. The van der Waals surface area contributed by atoms with Gasteiger partial charge >= 0.3 is 5.97 Å². The predicted octanol–water partition coefficient (Wildman–Crippen LogP) is 2.23. The number of fused-ring (bicyclic) bond motifs is 1. The molecule has 0 N–H and O–H groups in total. The number of ether oxygens (including phenoxy) is 1. The molecule has 3 atom stereocenters. The first-order valence-electron chi connectivity index (χ1n) is 4.69. The molecular formula is C11H9ClO2. The van der Waals surface area contributed by atoms with Crippen LogP contribution in [0.15, 0.2) is 24.3 Å². The zero-order valence-electron chi connectivity index (χ0n) is 7.44. The van der Waals surface area contributed by atoms with Gasteiger partial charge in [-0.25, -0.2) is 0 Å². The first-order valence-corrected chi connectivity index (χ1v) is 5.07. The number of benzene rings is 1. The second-order valence-electron chi connectivity index (χ2n) is 3.90. The highest BCUT2D eigenvalue weighted by Crippen LogP contribution is 2.58. The Balaban J connectivity index is 1.86. The molecule has 3 heteroatoms. The number of rotatable bonds is 1. The summed E-state index contributed by atoms with van der Waals surface area (Å²) in [5.74, 6) is 0.892. The molecular weight excluding hydrogens is 200 g/mol. The van der Waals surface area contributed by atoms with Crippen LogP contribution in [0.25, 0.3) is 0 Å². The van der Waals surface area contributed by atoms with E-state index in [1.165, 1.54) is 5.56 Å². The van der Waals surface area contributed by atoms with Gasteiger partial charge in [0, 0.05) is 16.9 Å². The Hall–Kier alpha value is -1.02. The first kappa shape index (κ1) is 8.30. The molecule has 1 aliphatic heterocycles. The second-order valence-corrected chi connectivity index (χ2v) is 4.33. The molecule has 1 aromatic rings. The SMILES string of the molecule is O=C1OCC2C1C2c1ccc(Cl)cc1. The van der Waals surface area contributed by atoms with Gasteiger partial charge < -0.3 is 4.74 Å². The Bertz CT molecular complexity index is 385. The number of carbonyl (C=O) groups excluding carboxylic acids is 1. The summed E-state index contributed by atoms with van der Waals surface area (Å²) in [7, 11) is 0. The third-order valence-electron chi connectivity index (χ3n) is 3.11. The van der Waals surface area contributed by atoms with E-state index < -0.39 is 0 Å². The van der Waals surface area contributed by atoms with Crippen LogP contribution in [0.1, 0.15) is 11.5 Å². The average Bonchev–Trinajstić information content (AvgIpc) is 2.79. The van der Waals surface area contributed by atoms with E-state index in [1.807, 2.05) is 24.3 Å². The van der Waals surface area contributed by atoms with Crippen molar-refractivity contribution in [2.45, 2.75) is 5.92 Å². The van der Waals surface area contributed by atoms with E-state index in [2.05, 4.69) is 0 Å². The van der Waals surface area contributed by atoms with Crippen LogP contribution in [-0.4, -0.2) is 12.6 Å². The Labute approximate surface area is 86.8 Å². The van der Waals surface area contributed by atoms with E-state index in [1.54, 1.807) is 0 Å². The molecule has 1 saturated carbocycles. The summed E-state index contributed by atoms with van der Waals surface area (Å²) < 4.78 is 4.93. The fourth-order valence-corrected chi connectivity index (χ4v) is 2.44. The highest BCUT2D eigenvalue weighted by molar-refractivity contribution is 6.30. The highest BCUT2D eigenvalue weighted by Gasteiger charge is 2.60. The minimum Gasteiger partial charge on any atom is -0.465 e. The van der Waals surface area contributed by atoms with Gasteiger partial charge in [-0.15, -0.1) is 0 Å². The van der Waals surface area contributed by atoms with Crippen LogP contribution in [0.3, 0.4) is 0 Å². The van der Waals surface area contributed by atoms with Crippen molar-refractivity contribution in [1.29, 1.82) is 0 Å². The lowest BCUT2D eigenvalue weighted by molar-refractivity contribution is -0.141. The smallest absolute Gasteiger partial charge is 0.310 e. The van der Waals surface area contributed by atoms with E-state index in [9.17, 15) is 4.79 Å². The minimum atomic E-state index is -0.0325. The second kappa shape index (κ2) is 2.74. The Morgan fingerprint density at radius 3 is 2.50 bits per heavy atom. The largest absolute Gasteiger partial charge is 0.465 e. The number of carbonyl (C=O) groups is 1. The third kappa shape index (κ3) is 1.07. The van der Waals surface area contributed by atoms with Gasteiger partial charge in [0.25, 0.3) is 0 Å². The molecule has 14 heavy (non-hydrogen) atoms. The molecule has 0 spiro atoms. The van der Waals surface area contributed by atoms with E-state index in [-0.39, 0.29) is 11.9 Å². The number of halogens is 1. The molecule has 0 bridgehead atoms. The van der Waals surface area contributed by atoms with Crippen LogP contribution >= 0.6 is 11.6 Å². The maximum atomic E-state index is 11.2. The molecule has 1 aromatic carbocycles. The van der Waals surface area contributed by atoms with Crippen molar-refractivity contribution in [3.05, 3.63) is 34.9 Å². The number of cyclic esters (lactones) is 1. The summed E-state index contributed by atoms with van der Waals surface area (Å²) in [4.78, 5) is 11.2. The quantitative estimate of drug-likeness (QED) is 0.662. The van der Waals surface area contributed by atoms with Crippen LogP contribution in [0.4, 0.5) is 0 Å². The van der Waals surface area contributed by atoms with Gasteiger partial charge in [0.15, 0.2) is 0 Å². The molecule has 1 aliphatic carbocycles. The summed E-state index contributed by atoms with van der Waals surface area (Å²) in [5.41, 5.74) is 1.21. The van der Waals surface area contributed by atoms with Crippen molar-refractivity contribution in [2.75, 3.05) is 6.61 Å². The van der Waals surface area contributed by atoms with Crippen molar-refractivity contribution in [3.8, 4) is 0 Å². The Morgan fingerprint density at radius 2 is 1.93 bits per heavy atom. The molecule has 3 rings (SSSR count). The Kier molecular flexibility index (Phi) is 1.62. The van der Waals surface area contributed by atoms with Crippen molar-refractivity contribution in [1.82, 2.24) is 0 Å². The van der Waals surface area contributed by atoms with Crippen molar-refractivity contribution in [2.24, 2.45) is 11.8 Å². The zero-order chi connectivity index (χ0) is 9.71. The van der Waals surface area contributed by atoms with Gasteiger partial charge in [-0.1, -0.05) is 23.7 Å². The topological polar surface area (TPSA) is 26.3 Å². The van der Waals surface area contributed by atoms with Crippen LogP contribution in [0.2, 0.25) is 5.02 Å². The van der Waals surface area contributed by atoms with E-state index in [0.29, 0.717) is 18.4 Å². The summed E-state index contributed by atoms with van der Waals surface area (Å²) in [6, 6.07) is 7.74. The summed E-state index contributed by atoms with van der Waals surface area (Å²) in [5, 5.41) is 0.738. The molecule has 0 radical (unpaired) electrons. The van der Waals surface area contributed by atoms with Crippen LogP contribution < -0.4 is 0 Å². The van der Waals surface area contributed by atoms with Gasteiger partial charge in [-0.05, 0) is 17.7 Å². The van der Waals surface area contributed by atoms with Gasteiger partial charge in [0.05, 0.1) is 12.5 Å². The molecule has 2 aliphatic rings. The molecule has 1 heterocycles. The molecule has 0 amide bonds. The fraction of sp³-hybridized carbons (Fsp3) is 0.364. The van der Waals surface area contributed by atoms with E-state index in [0.717, 1.165) is 5.02 Å². The van der Waals surface area contributed by atoms with E-state index >= 15 is 0 Å². The summed E-state index contributed by atoms with van der Waals surface area (Å²) in [6.07, 6.45) is 0. The zero-order valence-corrected chi connectivity index (χ0v) is 8.20. The van der Waals surface area contributed by atoms with Gasteiger partial charge in [0.2, 0.25) is 0 Å². The average molecular weight is 209 g/mol. The fourth-order valence-electron chi connectivity index (χ4n) is 2.32. The predicted molar refractivity (Wildman–Crippen MR) is 52.1 cm³/mol. The lowest BCUT2D eigenvalue weighted by Gasteiger charge is -2.03. The van der Waals surface area contributed by atoms with E-state index in [4.69, 9.17) is 16.3 Å². The van der Waals surface area contributed by atoms with Gasteiger partial charge in [-0.2, -0.15) is 0 Å². The molecule has 0 aromatic heterocycles. The number of hydrogen-bond acceptors (Lipinski definition) is 2. The third-order valence-corrected chi connectivity index (χ3v) is 3.37. The number of hydrogen-bond donors (Lipinski definition) is 0. The maximum absolute atomic E-state index is 11.2. The van der Waals surface area contributed by atoms with Gasteiger partial charge in [0.1, 0.15) is 0 Å². The Morgan fingerprint density at radius 1 is 1.21 bits per heavy atom. The minimum absolute atomic E-state index is 0.0325. The normalized spacial score (nSPS) is 33.8. The van der Waals surface area contributed by atoms with Crippen LogP contribution in [-0.2, 0) is 9.53 Å². The summed E-state index contributed by atoms with van der Waals surface area (Å²) >= 11 is 5.79. The highest BCUT2D eigenvalue weighted by atomic mass is 35.5. The summed E-state index contributed by atoms with van der Waals surface area (Å²) in [6.45, 7) is 0.594. The van der Waals surface area contributed by atoms with Crippen LogP contribution in [0.5, 0.6) is 0 Å². The molecule has 1 saturated heterocycles. The molecule has 3 unspecified atom stereocenters. The van der Waals surface area contributed by atoms with Gasteiger partial charge in [-0.3, -0.25) is 4.79 Å². The molecule has 72 valence electrons. The monoisotopic (exact) mass is 208 g/mol. The number of esters is 1. The standard InChI is InChI=1S/C11H9ClO2/c12-7-3-1-6(2-4-7)9-8-5-14-11(13)10(8)9/h1-4,8-10H,5H2. The van der Waals surface area contributed by atoms with Crippen molar-refractivity contribution < 1.29 is 9.53 Å². The van der Waals surface area contributed by atoms with Crippen molar-refractivity contribution in [3.63, 3.8) is 0 Å². The van der Waals surface area contributed by atoms with Crippen molar-refractivity contribution >= 4 is 17.6 Å². The first-order chi connectivity index (χ1) is 6.77. The maximum Gasteiger partial charge on any atom is 0.310 e. The molecule has 2 nitrogen and oxygen atoms in total. The lowest BCUT2D eigenvalue weighted by atomic mass is 10.1. The lowest BCUT2D eigenvalue weighted by Crippen LogP contribution is -2.04. The van der Waals surface area contributed by atoms with Crippen LogP contribution in [0, 0.1) is 11.8 Å².